The average Bonchev–Trinajstić information content (AvgIpc) is 2.86. The Kier molecular flexibility index (Phi) is 4.93. The van der Waals surface area contributed by atoms with E-state index in [0.29, 0.717) is 5.92 Å². The Morgan fingerprint density at radius 1 is 1.42 bits per heavy atom. The molecule has 1 aromatic carbocycles. The molecule has 1 aliphatic rings. The fourth-order valence-corrected chi connectivity index (χ4v) is 2.69. The summed E-state index contributed by atoms with van der Waals surface area (Å²) in [5.41, 5.74) is 6.73. The van der Waals surface area contributed by atoms with Crippen molar-refractivity contribution in [3.63, 3.8) is 0 Å². The van der Waals surface area contributed by atoms with Gasteiger partial charge < -0.3 is 10.6 Å². The Morgan fingerprint density at radius 3 is 2.84 bits per heavy atom. The van der Waals surface area contributed by atoms with Crippen LogP contribution in [0.2, 0.25) is 0 Å². The molecule has 1 aromatic rings. The van der Waals surface area contributed by atoms with Gasteiger partial charge in [-0.2, -0.15) is 0 Å². The molecule has 1 saturated heterocycles. The summed E-state index contributed by atoms with van der Waals surface area (Å²) in [6.07, 6.45) is 1.16. The predicted molar refractivity (Wildman–Crippen MR) is 76.5 cm³/mol. The van der Waals surface area contributed by atoms with Gasteiger partial charge in [-0.25, -0.2) is 0 Å². The summed E-state index contributed by atoms with van der Waals surface area (Å²) in [7, 11) is 1.84. The highest BCUT2D eigenvalue weighted by Gasteiger charge is 2.24. The zero-order valence-electron chi connectivity index (χ0n) is 11.6. The van der Waals surface area contributed by atoms with Crippen LogP contribution in [0.1, 0.15) is 12.0 Å². The SMILES string of the molecule is CN(CC1CCN(Cc2ccccc2)C1)C(=O)CN. The first-order valence-electron chi connectivity index (χ1n) is 6.89. The van der Waals surface area contributed by atoms with Gasteiger partial charge in [-0.3, -0.25) is 9.69 Å². The highest BCUT2D eigenvalue weighted by atomic mass is 16.2. The third-order valence-electron chi connectivity index (χ3n) is 3.75. The van der Waals surface area contributed by atoms with Crippen molar-refractivity contribution < 1.29 is 4.79 Å². The normalized spacial score (nSPS) is 19.6. The number of carbonyl (C=O) groups excluding carboxylic acids is 1. The Labute approximate surface area is 115 Å². The Balaban J connectivity index is 1.79. The lowest BCUT2D eigenvalue weighted by atomic mass is 10.1. The number of benzene rings is 1. The first-order valence-corrected chi connectivity index (χ1v) is 6.89. The van der Waals surface area contributed by atoms with Crippen molar-refractivity contribution in [2.24, 2.45) is 11.7 Å². The zero-order valence-corrected chi connectivity index (χ0v) is 11.6. The third kappa shape index (κ3) is 4.04. The molecule has 19 heavy (non-hydrogen) atoms. The van der Waals surface area contributed by atoms with Crippen LogP contribution in [0.5, 0.6) is 0 Å². The topological polar surface area (TPSA) is 49.6 Å². The molecular weight excluding hydrogens is 238 g/mol. The molecule has 1 aliphatic heterocycles. The van der Waals surface area contributed by atoms with E-state index in [2.05, 4.69) is 29.2 Å². The molecule has 1 unspecified atom stereocenters. The fourth-order valence-electron chi connectivity index (χ4n) is 2.69. The highest BCUT2D eigenvalue weighted by molar-refractivity contribution is 5.77. The van der Waals surface area contributed by atoms with E-state index in [-0.39, 0.29) is 12.5 Å². The summed E-state index contributed by atoms with van der Waals surface area (Å²) in [5, 5.41) is 0. The maximum Gasteiger partial charge on any atom is 0.236 e. The number of hydrogen-bond donors (Lipinski definition) is 1. The maximum absolute atomic E-state index is 11.5. The number of nitrogens with two attached hydrogens (primary N) is 1. The Bertz CT molecular complexity index is 407. The van der Waals surface area contributed by atoms with Gasteiger partial charge >= 0.3 is 0 Å². The quantitative estimate of drug-likeness (QED) is 0.857. The van der Waals surface area contributed by atoms with E-state index < -0.39 is 0 Å². The van der Waals surface area contributed by atoms with Crippen LogP contribution in [0.25, 0.3) is 0 Å². The molecule has 0 aromatic heterocycles. The summed E-state index contributed by atoms with van der Waals surface area (Å²) in [6.45, 7) is 4.12. The van der Waals surface area contributed by atoms with Gasteiger partial charge in [0.15, 0.2) is 0 Å². The second-order valence-corrected chi connectivity index (χ2v) is 5.35. The second-order valence-electron chi connectivity index (χ2n) is 5.35. The number of rotatable bonds is 5. The lowest BCUT2D eigenvalue weighted by Crippen LogP contribution is -2.36. The highest BCUT2D eigenvalue weighted by Crippen LogP contribution is 2.19. The number of amides is 1. The van der Waals surface area contributed by atoms with E-state index in [0.717, 1.165) is 32.6 Å². The number of likely N-dealkylation sites (N-methyl/N-ethyl adjacent to an activating group) is 1. The third-order valence-corrected chi connectivity index (χ3v) is 3.75. The summed E-state index contributed by atoms with van der Waals surface area (Å²) < 4.78 is 0. The van der Waals surface area contributed by atoms with Crippen LogP contribution in [0.4, 0.5) is 0 Å². The van der Waals surface area contributed by atoms with E-state index in [9.17, 15) is 4.79 Å². The van der Waals surface area contributed by atoms with Gasteiger partial charge in [0.05, 0.1) is 6.54 Å². The van der Waals surface area contributed by atoms with E-state index in [4.69, 9.17) is 5.73 Å². The van der Waals surface area contributed by atoms with Crippen molar-refractivity contribution in [2.45, 2.75) is 13.0 Å². The molecule has 0 saturated carbocycles. The molecule has 4 nitrogen and oxygen atoms in total. The standard InChI is InChI=1S/C15H23N3O/c1-17(15(19)9-16)10-14-7-8-18(12-14)11-13-5-3-2-4-6-13/h2-6,14H,7-12,16H2,1H3. The van der Waals surface area contributed by atoms with Gasteiger partial charge in [0.2, 0.25) is 5.91 Å². The first kappa shape index (κ1) is 14.0. The molecule has 0 radical (unpaired) electrons. The van der Waals surface area contributed by atoms with Crippen LogP contribution >= 0.6 is 0 Å². The molecule has 1 fully saturated rings. The molecule has 104 valence electrons. The minimum absolute atomic E-state index is 0.0292. The van der Waals surface area contributed by atoms with Crippen molar-refractivity contribution in [2.75, 3.05) is 33.2 Å². The lowest BCUT2D eigenvalue weighted by molar-refractivity contribution is -0.128. The Hall–Kier alpha value is -1.39. The van der Waals surface area contributed by atoms with Gasteiger partial charge in [-0.05, 0) is 24.4 Å². The van der Waals surface area contributed by atoms with Crippen molar-refractivity contribution in [1.29, 1.82) is 0 Å². The molecule has 0 spiro atoms. The van der Waals surface area contributed by atoms with Crippen LogP contribution in [-0.4, -0.2) is 48.9 Å². The number of hydrogen-bond acceptors (Lipinski definition) is 3. The second kappa shape index (κ2) is 6.68. The minimum Gasteiger partial charge on any atom is -0.344 e. The van der Waals surface area contributed by atoms with E-state index in [1.807, 2.05) is 13.1 Å². The number of carbonyl (C=O) groups is 1. The number of nitrogens with zero attached hydrogens (tertiary/aromatic N) is 2. The van der Waals surface area contributed by atoms with Crippen LogP contribution in [0.3, 0.4) is 0 Å². The van der Waals surface area contributed by atoms with Gasteiger partial charge in [-0.1, -0.05) is 30.3 Å². The maximum atomic E-state index is 11.5. The number of likely N-dealkylation sites (tertiary alicyclic amines) is 1. The Morgan fingerprint density at radius 2 is 2.16 bits per heavy atom. The monoisotopic (exact) mass is 261 g/mol. The molecule has 2 rings (SSSR count). The van der Waals surface area contributed by atoms with Crippen molar-refractivity contribution in [3.8, 4) is 0 Å². The van der Waals surface area contributed by atoms with Crippen molar-refractivity contribution in [1.82, 2.24) is 9.80 Å². The van der Waals surface area contributed by atoms with Gasteiger partial charge in [0, 0.05) is 26.7 Å². The molecule has 1 heterocycles. The fraction of sp³-hybridized carbons (Fsp3) is 0.533. The molecule has 0 bridgehead atoms. The molecule has 1 amide bonds. The molecule has 4 heteroatoms. The van der Waals surface area contributed by atoms with Crippen LogP contribution in [0.15, 0.2) is 30.3 Å². The van der Waals surface area contributed by atoms with Crippen molar-refractivity contribution >= 4 is 5.91 Å². The van der Waals surface area contributed by atoms with E-state index in [1.165, 1.54) is 5.56 Å². The van der Waals surface area contributed by atoms with Crippen LogP contribution < -0.4 is 5.73 Å². The van der Waals surface area contributed by atoms with Gasteiger partial charge in [0.1, 0.15) is 0 Å². The molecule has 1 atom stereocenters. The van der Waals surface area contributed by atoms with E-state index >= 15 is 0 Å². The van der Waals surface area contributed by atoms with Gasteiger partial charge in [0.25, 0.3) is 0 Å². The predicted octanol–water partition coefficient (Wildman–Crippen LogP) is 0.926. The largest absolute Gasteiger partial charge is 0.344 e. The van der Waals surface area contributed by atoms with Crippen LogP contribution in [-0.2, 0) is 11.3 Å². The summed E-state index contributed by atoms with van der Waals surface area (Å²) in [4.78, 5) is 15.7. The first-order chi connectivity index (χ1) is 9.19. The average molecular weight is 261 g/mol. The van der Waals surface area contributed by atoms with Crippen LogP contribution in [0, 0.1) is 5.92 Å². The smallest absolute Gasteiger partial charge is 0.236 e. The summed E-state index contributed by atoms with van der Waals surface area (Å²) >= 11 is 0. The van der Waals surface area contributed by atoms with E-state index in [1.54, 1.807) is 4.90 Å². The minimum atomic E-state index is 0.0292. The summed E-state index contributed by atoms with van der Waals surface area (Å²) in [5.74, 6) is 0.603. The summed E-state index contributed by atoms with van der Waals surface area (Å²) in [6, 6.07) is 10.5. The lowest BCUT2D eigenvalue weighted by Gasteiger charge is -2.21. The molecular formula is C15H23N3O. The molecule has 0 aliphatic carbocycles. The van der Waals surface area contributed by atoms with Crippen molar-refractivity contribution in [3.05, 3.63) is 35.9 Å². The van der Waals surface area contributed by atoms with Gasteiger partial charge in [-0.15, -0.1) is 0 Å². The zero-order chi connectivity index (χ0) is 13.7. The molecule has 2 N–H and O–H groups in total.